The maximum Gasteiger partial charge on any atom is 0.161 e. The van der Waals surface area contributed by atoms with Crippen molar-refractivity contribution in [2.75, 3.05) is 44.3 Å². The molecule has 0 N–H and O–H groups in total. The maximum atomic E-state index is 5.76. The van der Waals surface area contributed by atoms with Crippen molar-refractivity contribution in [3.05, 3.63) is 36.7 Å². The monoisotopic (exact) mass is 363 g/mol. The van der Waals surface area contributed by atoms with E-state index in [0.717, 1.165) is 34.5 Å². The van der Waals surface area contributed by atoms with Gasteiger partial charge < -0.3 is 19.3 Å². The van der Waals surface area contributed by atoms with Gasteiger partial charge in [-0.1, -0.05) is 6.07 Å². The van der Waals surface area contributed by atoms with Crippen LogP contribution in [0.4, 0.5) is 5.69 Å². The molecule has 27 heavy (non-hydrogen) atoms. The molecule has 1 aromatic carbocycles. The van der Waals surface area contributed by atoms with Gasteiger partial charge in [-0.15, -0.1) is 0 Å². The Morgan fingerprint density at radius 2 is 1.70 bits per heavy atom. The Labute approximate surface area is 159 Å². The summed E-state index contributed by atoms with van der Waals surface area (Å²) >= 11 is 0. The van der Waals surface area contributed by atoms with E-state index in [2.05, 4.69) is 33.0 Å². The summed E-state index contributed by atoms with van der Waals surface area (Å²) in [4.78, 5) is 9.92. The van der Waals surface area contributed by atoms with Crippen LogP contribution in [-0.2, 0) is 0 Å². The second-order valence-corrected chi connectivity index (χ2v) is 8.52. The van der Waals surface area contributed by atoms with E-state index >= 15 is 0 Å². The SMILES string of the molecule is c1cc2c(cc1-c1cncc(N3CC4CC5CC3CN(C5)C4)c1)OCCO2. The third kappa shape index (κ3) is 2.76. The molecule has 140 valence electrons. The fraction of sp³-hybridized carbons (Fsp3) is 0.500. The molecule has 4 bridgehead atoms. The summed E-state index contributed by atoms with van der Waals surface area (Å²) in [7, 11) is 0. The molecule has 7 rings (SSSR count). The number of aromatic nitrogens is 1. The summed E-state index contributed by atoms with van der Waals surface area (Å²) < 4.78 is 11.4. The standard InChI is InChI=1S/C22H25N3O2/c1-2-21-22(27-4-3-26-21)8-17(1)18-7-19(10-23-9-18)25-13-16-5-15-6-20(25)14-24(11-15)12-16/h1-2,7-10,15-16,20H,3-6,11-14H2. The fourth-order valence-corrected chi connectivity index (χ4v) is 5.57. The third-order valence-electron chi connectivity index (χ3n) is 6.60. The molecule has 6 heterocycles. The number of hydrogen-bond acceptors (Lipinski definition) is 5. The Morgan fingerprint density at radius 1 is 0.815 bits per heavy atom. The topological polar surface area (TPSA) is 37.8 Å². The van der Waals surface area contributed by atoms with Gasteiger partial charge in [0.1, 0.15) is 13.2 Å². The first-order valence-electron chi connectivity index (χ1n) is 10.2. The van der Waals surface area contributed by atoms with Crippen LogP contribution in [-0.4, -0.2) is 55.3 Å². The first kappa shape index (κ1) is 15.8. The van der Waals surface area contributed by atoms with Crippen LogP contribution in [0.25, 0.3) is 11.1 Å². The number of pyridine rings is 1. The Balaban J connectivity index is 1.34. The minimum Gasteiger partial charge on any atom is -0.486 e. The molecular formula is C22H25N3O2. The van der Waals surface area contributed by atoms with Crippen LogP contribution >= 0.6 is 0 Å². The first-order valence-corrected chi connectivity index (χ1v) is 10.2. The van der Waals surface area contributed by atoms with Crippen molar-refractivity contribution in [2.24, 2.45) is 11.8 Å². The Kier molecular flexibility index (Phi) is 3.58. The second-order valence-electron chi connectivity index (χ2n) is 8.52. The van der Waals surface area contributed by atoms with E-state index in [-0.39, 0.29) is 0 Å². The number of benzene rings is 1. The molecule has 5 aliphatic rings. The molecule has 2 aromatic rings. The van der Waals surface area contributed by atoms with E-state index in [1.165, 1.54) is 44.7 Å². The van der Waals surface area contributed by atoms with Crippen LogP contribution in [0.2, 0.25) is 0 Å². The van der Waals surface area contributed by atoms with Gasteiger partial charge in [0, 0.05) is 44.0 Å². The molecule has 1 aromatic heterocycles. The summed E-state index contributed by atoms with van der Waals surface area (Å²) in [6, 6.07) is 9.14. The highest BCUT2D eigenvalue weighted by Crippen LogP contribution is 2.40. The highest BCUT2D eigenvalue weighted by atomic mass is 16.6. The van der Waals surface area contributed by atoms with Crippen LogP contribution in [0.15, 0.2) is 36.7 Å². The summed E-state index contributed by atoms with van der Waals surface area (Å²) in [5.74, 6) is 3.36. The summed E-state index contributed by atoms with van der Waals surface area (Å²) in [6.45, 7) is 6.21. The zero-order valence-electron chi connectivity index (χ0n) is 15.5. The lowest BCUT2D eigenvalue weighted by Crippen LogP contribution is -2.49. The number of piperidine rings is 2. The molecule has 0 amide bonds. The van der Waals surface area contributed by atoms with Crippen molar-refractivity contribution in [1.82, 2.24) is 9.88 Å². The lowest BCUT2D eigenvalue weighted by atomic mass is 9.84. The van der Waals surface area contributed by atoms with Gasteiger partial charge in [0.15, 0.2) is 11.5 Å². The zero-order chi connectivity index (χ0) is 17.8. The molecule has 5 nitrogen and oxygen atoms in total. The van der Waals surface area contributed by atoms with Crippen LogP contribution in [0.3, 0.4) is 0 Å². The smallest absolute Gasteiger partial charge is 0.161 e. The van der Waals surface area contributed by atoms with Crippen molar-refractivity contribution in [1.29, 1.82) is 0 Å². The minimum absolute atomic E-state index is 0.614. The van der Waals surface area contributed by atoms with Crippen LogP contribution < -0.4 is 14.4 Å². The molecule has 0 radical (unpaired) electrons. The lowest BCUT2D eigenvalue weighted by Gasteiger charge is -2.41. The molecule has 5 aliphatic heterocycles. The van der Waals surface area contributed by atoms with E-state index < -0.39 is 0 Å². The molecule has 0 aliphatic carbocycles. The number of nitrogens with zero attached hydrogens (tertiary/aromatic N) is 3. The van der Waals surface area contributed by atoms with Gasteiger partial charge in [-0.3, -0.25) is 4.98 Å². The minimum atomic E-state index is 0.614. The predicted molar refractivity (Wildman–Crippen MR) is 104 cm³/mol. The molecule has 4 fully saturated rings. The van der Waals surface area contributed by atoms with Gasteiger partial charge in [-0.25, -0.2) is 0 Å². The Bertz CT molecular complexity index is 856. The van der Waals surface area contributed by atoms with Gasteiger partial charge in [0.2, 0.25) is 0 Å². The number of anilines is 1. The van der Waals surface area contributed by atoms with Crippen molar-refractivity contribution >= 4 is 5.69 Å². The largest absolute Gasteiger partial charge is 0.486 e. The molecule has 0 saturated carbocycles. The lowest BCUT2D eigenvalue weighted by molar-refractivity contribution is 0.0980. The molecule has 5 heteroatoms. The highest BCUT2D eigenvalue weighted by molar-refractivity contribution is 5.70. The molecule has 0 spiro atoms. The van der Waals surface area contributed by atoms with Gasteiger partial charge >= 0.3 is 0 Å². The van der Waals surface area contributed by atoms with Crippen LogP contribution in [0.5, 0.6) is 11.5 Å². The normalized spacial score (nSPS) is 31.0. The van der Waals surface area contributed by atoms with Gasteiger partial charge in [0.25, 0.3) is 0 Å². The Morgan fingerprint density at radius 3 is 2.63 bits per heavy atom. The van der Waals surface area contributed by atoms with E-state index in [1.807, 2.05) is 18.5 Å². The fourth-order valence-electron chi connectivity index (χ4n) is 5.57. The summed E-state index contributed by atoms with van der Waals surface area (Å²) in [5.41, 5.74) is 3.55. The number of hydrogen-bond donors (Lipinski definition) is 0. The molecule has 4 saturated heterocycles. The second kappa shape index (κ2) is 6.13. The maximum absolute atomic E-state index is 5.76. The van der Waals surface area contributed by atoms with Gasteiger partial charge in [-0.05, 0) is 48.4 Å². The summed E-state index contributed by atoms with van der Waals surface area (Å²) in [5, 5.41) is 0. The summed E-state index contributed by atoms with van der Waals surface area (Å²) in [6.07, 6.45) is 6.74. The van der Waals surface area contributed by atoms with E-state index in [9.17, 15) is 0 Å². The predicted octanol–water partition coefficient (Wildman–Crippen LogP) is 3.05. The molecule has 4 unspecified atom stereocenters. The number of fused-ring (bicyclic) bond motifs is 2. The third-order valence-corrected chi connectivity index (χ3v) is 6.60. The quantitative estimate of drug-likeness (QED) is 0.820. The van der Waals surface area contributed by atoms with Crippen molar-refractivity contribution < 1.29 is 9.47 Å². The van der Waals surface area contributed by atoms with Crippen molar-refractivity contribution in [3.8, 4) is 22.6 Å². The first-order chi connectivity index (χ1) is 13.3. The zero-order valence-corrected chi connectivity index (χ0v) is 15.5. The van der Waals surface area contributed by atoms with Crippen LogP contribution in [0.1, 0.15) is 12.8 Å². The average Bonchev–Trinajstić information content (AvgIpc) is 2.91. The van der Waals surface area contributed by atoms with E-state index in [0.29, 0.717) is 19.3 Å². The van der Waals surface area contributed by atoms with Crippen molar-refractivity contribution in [3.63, 3.8) is 0 Å². The average molecular weight is 363 g/mol. The highest BCUT2D eigenvalue weighted by Gasteiger charge is 2.41. The van der Waals surface area contributed by atoms with E-state index in [1.54, 1.807) is 0 Å². The Hall–Kier alpha value is -2.27. The van der Waals surface area contributed by atoms with Crippen molar-refractivity contribution in [2.45, 2.75) is 18.9 Å². The number of ether oxygens (including phenoxy) is 2. The van der Waals surface area contributed by atoms with Crippen LogP contribution in [0, 0.1) is 11.8 Å². The molecular weight excluding hydrogens is 338 g/mol. The molecule has 4 atom stereocenters. The number of rotatable bonds is 2. The van der Waals surface area contributed by atoms with E-state index in [4.69, 9.17) is 9.47 Å². The van der Waals surface area contributed by atoms with Gasteiger partial charge in [-0.2, -0.15) is 0 Å². The van der Waals surface area contributed by atoms with Gasteiger partial charge in [0.05, 0.1) is 11.9 Å².